The van der Waals surface area contributed by atoms with Crippen LogP contribution in [-0.2, 0) is 9.59 Å². The van der Waals surface area contributed by atoms with Gasteiger partial charge in [-0.3, -0.25) is 14.5 Å². The van der Waals surface area contributed by atoms with E-state index < -0.39 is 5.92 Å². The van der Waals surface area contributed by atoms with E-state index in [0.717, 1.165) is 12.1 Å². The zero-order valence-corrected chi connectivity index (χ0v) is 11.7. The van der Waals surface area contributed by atoms with E-state index in [1.807, 2.05) is 17.7 Å². The Hall–Kier alpha value is -0.940. The molecule has 1 rings (SSSR count). The van der Waals surface area contributed by atoms with Crippen LogP contribution in [0.5, 0.6) is 0 Å². The van der Waals surface area contributed by atoms with E-state index in [2.05, 4.69) is 0 Å². The van der Waals surface area contributed by atoms with Crippen molar-refractivity contribution in [2.24, 2.45) is 5.92 Å². The van der Waals surface area contributed by atoms with Gasteiger partial charge in [0.25, 0.3) is 0 Å². The van der Waals surface area contributed by atoms with Crippen LogP contribution in [0.1, 0.15) is 27.2 Å². The first-order valence-electron chi connectivity index (χ1n) is 5.38. The molecule has 1 atom stereocenters. The largest absolute Gasteiger partial charge is 0.294 e. The smallest absolute Gasteiger partial charge is 0.239 e. The number of hydrogen-bond donors (Lipinski definition) is 0. The Labute approximate surface area is 111 Å². The Bertz CT molecular complexity index is 413. The molecular formula is C12H15NO2S2. The molecule has 0 saturated heterocycles. The van der Waals surface area contributed by atoms with Gasteiger partial charge < -0.3 is 0 Å². The number of rotatable bonds is 4. The van der Waals surface area contributed by atoms with Crippen LogP contribution in [0.3, 0.4) is 0 Å². The summed E-state index contributed by atoms with van der Waals surface area (Å²) in [5.41, 5.74) is 0.931. The number of carbonyl (C=O) groups excluding carboxylic acids is 2. The van der Waals surface area contributed by atoms with E-state index in [1.54, 1.807) is 18.0 Å². The number of amides is 1. The van der Waals surface area contributed by atoms with Crippen LogP contribution in [0.2, 0.25) is 0 Å². The molecule has 0 aromatic carbocycles. The van der Waals surface area contributed by atoms with Gasteiger partial charge in [0, 0.05) is 11.9 Å². The number of Topliss-reactive ketones (excluding diaryl/α,β-unsaturated/α-hetero) is 1. The van der Waals surface area contributed by atoms with E-state index in [0.29, 0.717) is 0 Å². The fourth-order valence-electron chi connectivity index (χ4n) is 1.46. The van der Waals surface area contributed by atoms with Gasteiger partial charge in [0.1, 0.15) is 0 Å². The van der Waals surface area contributed by atoms with Crippen LogP contribution in [-0.4, -0.2) is 21.5 Å². The predicted molar refractivity (Wildman–Crippen MR) is 74.4 cm³/mol. The molecule has 1 aliphatic rings. The van der Waals surface area contributed by atoms with Crippen molar-refractivity contribution in [1.29, 1.82) is 0 Å². The number of thioether (sulfide) groups is 1. The Morgan fingerprint density at radius 1 is 1.53 bits per heavy atom. The van der Waals surface area contributed by atoms with Gasteiger partial charge in [-0.2, -0.15) is 0 Å². The Kier molecular flexibility index (Phi) is 5.08. The number of nitrogens with zero attached hydrogens (tertiary/aromatic N) is 1. The topological polar surface area (TPSA) is 37.4 Å². The van der Waals surface area contributed by atoms with Gasteiger partial charge in [0.15, 0.2) is 5.78 Å². The molecule has 0 aromatic rings. The molecule has 0 saturated carbocycles. The second-order valence-electron chi connectivity index (χ2n) is 3.73. The van der Waals surface area contributed by atoms with Crippen molar-refractivity contribution in [2.75, 3.05) is 0 Å². The molecule has 1 heterocycles. The summed E-state index contributed by atoms with van der Waals surface area (Å²) in [6.45, 7) is 5.05. The van der Waals surface area contributed by atoms with E-state index >= 15 is 0 Å². The van der Waals surface area contributed by atoms with Gasteiger partial charge in [-0.1, -0.05) is 19.1 Å². The third-order valence-electron chi connectivity index (χ3n) is 2.51. The summed E-state index contributed by atoms with van der Waals surface area (Å²) in [7, 11) is 0. The minimum Gasteiger partial charge on any atom is -0.294 e. The molecule has 5 heteroatoms. The highest BCUT2D eigenvalue weighted by molar-refractivity contribution is 8.04. The van der Waals surface area contributed by atoms with Crippen LogP contribution in [0.15, 0.2) is 22.7 Å². The minimum atomic E-state index is -0.551. The molecule has 3 nitrogen and oxygen atoms in total. The summed E-state index contributed by atoms with van der Waals surface area (Å²) in [5, 5.41) is 3.77. The predicted octanol–water partition coefficient (Wildman–Crippen LogP) is 2.88. The zero-order valence-electron chi connectivity index (χ0n) is 10.1. The molecule has 0 spiro atoms. The molecule has 1 amide bonds. The number of hydrogen-bond acceptors (Lipinski definition) is 4. The lowest BCUT2D eigenvalue weighted by Crippen LogP contribution is -2.36. The lowest BCUT2D eigenvalue weighted by Gasteiger charge is -2.26. The van der Waals surface area contributed by atoms with Gasteiger partial charge in [-0.05, 0) is 31.1 Å². The molecule has 0 N–H and O–H groups in total. The standard InChI is InChI=1S/C12H15NO2S2/c1-4-10-7-17-6-5-13(10)12(15)8(2)11(16)9(3)14/h5-8H,4H2,1-3H3. The lowest BCUT2D eigenvalue weighted by atomic mass is 10.0. The third kappa shape index (κ3) is 3.26. The fourth-order valence-corrected chi connectivity index (χ4v) is 2.27. The Balaban J connectivity index is 2.85. The third-order valence-corrected chi connectivity index (χ3v) is 3.84. The van der Waals surface area contributed by atoms with E-state index in [1.165, 1.54) is 18.7 Å². The molecule has 1 unspecified atom stereocenters. The van der Waals surface area contributed by atoms with Crippen molar-refractivity contribution in [3.05, 3.63) is 22.7 Å². The number of ketones is 1. The number of thiocarbonyl (C=S) groups is 1. The van der Waals surface area contributed by atoms with Gasteiger partial charge in [0.05, 0.1) is 10.8 Å². The van der Waals surface area contributed by atoms with E-state index in [-0.39, 0.29) is 16.6 Å². The van der Waals surface area contributed by atoms with Crippen molar-refractivity contribution in [3.63, 3.8) is 0 Å². The maximum atomic E-state index is 12.2. The molecule has 0 radical (unpaired) electrons. The van der Waals surface area contributed by atoms with Crippen LogP contribution in [0, 0.1) is 5.92 Å². The van der Waals surface area contributed by atoms with Gasteiger partial charge >= 0.3 is 0 Å². The van der Waals surface area contributed by atoms with Crippen molar-refractivity contribution < 1.29 is 9.59 Å². The van der Waals surface area contributed by atoms with Gasteiger partial charge in [-0.25, -0.2) is 0 Å². The van der Waals surface area contributed by atoms with Crippen LogP contribution in [0.4, 0.5) is 0 Å². The van der Waals surface area contributed by atoms with Crippen molar-refractivity contribution in [1.82, 2.24) is 4.90 Å². The van der Waals surface area contributed by atoms with E-state index in [4.69, 9.17) is 12.2 Å². The Morgan fingerprint density at radius 2 is 2.18 bits per heavy atom. The summed E-state index contributed by atoms with van der Waals surface area (Å²) in [4.78, 5) is 25.1. The highest BCUT2D eigenvalue weighted by atomic mass is 32.2. The average Bonchev–Trinajstić information content (AvgIpc) is 2.35. The maximum Gasteiger partial charge on any atom is 0.239 e. The Morgan fingerprint density at radius 3 is 2.71 bits per heavy atom. The van der Waals surface area contributed by atoms with Crippen molar-refractivity contribution in [3.8, 4) is 0 Å². The van der Waals surface area contributed by atoms with Crippen LogP contribution in [0.25, 0.3) is 0 Å². The zero-order chi connectivity index (χ0) is 13.0. The monoisotopic (exact) mass is 269 g/mol. The van der Waals surface area contributed by atoms with Gasteiger partial charge in [0.2, 0.25) is 5.91 Å². The SMILES string of the molecule is CCC1=CSC=CN1C(=O)C(C)C(=S)C(C)=O. The molecular weight excluding hydrogens is 254 g/mol. The number of allylic oxidation sites excluding steroid dienone is 1. The first-order chi connectivity index (χ1) is 7.99. The average molecular weight is 269 g/mol. The van der Waals surface area contributed by atoms with Crippen molar-refractivity contribution in [2.45, 2.75) is 27.2 Å². The first-order valence-corrected chi connectivity index (χ1v) is 6.73. The highest BCUT2D eigenvalue weighted by Gasteiger charge is 2.27. The normalized spacial score (nSPS) is 16.4. The van der Waals surface area contributed by atoms with Crippen LogP contribution >= 0.6 is 24.0 Å². The first kappa shape index (κ1) is 14.1. The summed E-state index contributed by atoms with van der Waals surface area (Å²) in [6.07, 6.45) is 2.49. The molecule has 0 bridgehead atoms. The summed E-state index contributed by atoms with van der Waals surface area (Å²) in [6, 6.07) is 0. The second kappa shape index (κ2) is 6.12. The molecule has 17 heavy (non-hydrogen) atoms. The fraction of sp³-hybridized carbons (Fsp3) is 0.417. The molecule has 0 aromatic heterocycles. The molecule has 0 aliphatic carbocycles. The maximum absolute atomic E-state index is 12.2. The number of carbonyl (C=O) groups is 2. The molecule has 0 fully saturated rings. The lowest BCUT2D eigenvalue weighted by molar-refractivity contribution is -0.129. The molecule has 1 aliphatic heterocycles. The summed E-state index contributed by atoms with van der Waals surface area (Å²) >= 11 is 6.51. The summed E-state index contributed by atoms with van der Waals surface area (Å²) in [5.74, 6) is -0.904. The summed E-state index contributed by atoms with van der Waals surface area (Å²) < 4.78 is 0. The van der Waals surface area contributed by atoms with Crippen molar-refractivity contribution >= 4 is 40.5 Å². The quantitative estimate of drug-likeness (QED) is 0.735. The highest BCUT2D eigenvalue weighted by Crippen LogP contribution is 2.24. The van der Waals surface area contributed by atoms with Gasteiger partial charge in [-0.15, -0.1) is 11.8 Å². The minimum absolute atomic E-state index is 0.144. The molecule has 92 valence electrons. The second-order valence-corrected chi connectivity index (χ2v) is 4.95. The van der Waals surface area contributed by atoms with Crippen LogP contribution < -0.4 is 0 Å². The van der Waals surface area contributed by atoms with E-state index in [9.17, 15) is 9.59 Å².